The number of halogens is 2. The molecule has 9 nitrogen and oxygen atoms in total. The monoisotopic (exact) mass is 714 g/mol. The summed E-state index contributed by atoms with van der Waals surface area (Å²) in [6, 6.07) is 2.91. The summed E-state index contributed by atoms with van der Waals surface area (Å²) in [7, 11) is 0. The molecular weight excluding hydrogens is 670 g/mol. The lowest BCUT2D eigenvalue weighted by Gasteiger charge is -2.63. The zero-order valence-electron chi connectivity index (χ0n) is 28.6. The van der Waals surface area contributed by atoms with E-state index in [-0.39, 0.29) is 49.6 Å². The fourth-order valence-corrected chi connectivity index (χ4v) is 10.9. The van der Waals surface area contributed by atoms with Gasteiger partial charge < -0.3 is 23.7 Å². The van der Waals surface area contributed by atoms with E-state index in [0.29, 0.717) is 5.92 Å². The lowest BCUT2D eigenvalue weighted by molar-refractivity contribution is -0.221. The lowest BCUT2D eigenvalue weighted by Crippen LogP contribution is -2.70. The molecule has 5 aliphatic carbocycles. The maximum atomic E-state index is 17.7. The summed E-state index contributed by atoms with van der Waals surface area (Å²) in [5, 5.41) is 11.2. The van der Waals surface area contributed by atoms with Gasteiger partial charge in [-0.2, -0.15) is 0 Å². The van der Waals surface area contributed by atoms with Gasteiger partial charge in [0.25, 0.3) is 0 Å². The third kappa shape index (κ3) is 5.92. The number of aliphatic hydroxyl groups excluding tert-OH is 1. The molecule has 50 heavy (non-hydrogen) atoms. The molecule has 1 aromatic heterocycles. The minimum absolute atomic E-state index is 0.000480. The fraction of sp³-hybridized carbons (Fsp3) is 0.632. The van der Waals surface area contributed by atoms with E-state index in [2.05, 4.69) is 11.8 Å². The third-order valence-corrected chi connectivity index (χ3v) is 13.2. The highest BCUT2D eigenvalue weighted by atomic mass is 32.2. The first-order valence-electron chi connectivity index (χ1n) is 17.4. The molecule has 5 aliphatic rings. The lowest BCUT2D eigenvalue weighted by atomic mass is 9.44. The van der Waals surface area contributed by atoms with Crippen molar-refractivity contribution >= 4 is 34.8 Å². The normalized spacial score (nSPS) is 37.4. The highest BCUT2D eigenvalue weighted by Gasteiger charge is 2.78. The fourth-order valence-electron chi connectivity index (χ4n) is 9.86. The van der Waals surface area contributed by atoms with Crippen molar-refractivity contribution < 1.29 is 51.7 Å². The van der Waals surface area contributed by atoms with Crippen molar-refractivity contribution in [3.63, 3.8) is 0 Å². The molecule has 0 aromatic carbocycles. The number of carbonyl (C=O) groups excluding carboxylic acids is 4. The number of carbonyl (C=O) groups is 4. The molecule has 0 saturated heterocycles. The molecule has 0 spiro atoms. The molecular formula is C38H44F2O9S. The molecule has 270 valence electrons. The molecule has 1 N–H and O–H groups in total. The Morgan fingerprint density at radius 2 is 1.88 bits per heavy atom. The number of hydrogen-bond donors (Lipinski definition) is 1. The number of hydrogen-bond acceptors (Lipinski definition) is 10. The Morgan fingerprint density at radius 3 is 2.60 bits per heavy atom. The summed E-state index contributed by atoms with van der Waals surface area (Å²) in [6.45, 7) is 5.00. The number of thioether (sulfide) groups is 1. The first kappa shape index (κ1) is 36.4. The van der Waals surface area contributed by atoms with Gasteiger partial charge in [0.05, 0.1) is 24.7 Å². The Bertz CT molecular complexity index is 1620. The van der Waals surface area contributed by atoms with Gasteiger partial charge in [0.2, 0.25) is 10.9 Å². The van der Waals surface area contributed by atoms with Crippen LogP contribution in [0.15, 0.2) is 46.6 Å². The van der Waals surface area contributed by atoms with Crippen molar-refractivity contribution in [3.05, 3.63) is 48.0 Å². The number of ketones is 1. The van der Waals surface area contributed by atoms with Gasteiger partial charge in [0.15, 0.2) is 23.7 Å². The number of furan rings is 1. The van der Waals surface area contributed by atoms with Crippen molar-refractivity contribution in [3.8, 4) is 11.8 Å². The number of esters is 1. The number of aliphatic hydroxyl groups is 1. The van der Waals surface area contributed by atoms with Gasteiger partial charge in [-0.25, -0.2) is 18.4 Å². The van der Waals surface area contributed by atoms with Gasteiger partial charge in [0.1, 0.15) is 6.17 Å². The van der Waals surface area contributed by atoms with Gasteiger partial charge in [-0.15, -0.1) is 0 Å². The maximum Gasteiger partial charge on any atom is 0.509 e. The summed E-state index contributed by atoms with van der Waals surface area (Å²) < 4.78 is 55.3. The number of rotatable bonds is 8. The molecule has 0 radical (unpaired) electrons. The van der Waals surface area contributed by atoms with Crippen LogP contribution in [-0.2, 0) is 23.8 Å². The summed E-state index contributed by atoms with van der Waals surface area (Å²) in [5.74, 6) is 2.16. The van der Waals surface area contributed by atoms with Crippen LogP contribution in [0.2, 0.25) is 0 Å². The van der Waals surface area contributed by atoms with Crippen molar-refractivity contribution in [2.45, 2.75) is 95.7 Å². The van der Waals surface area contributed by atoms with Crippen LogP contribution in [0.3, 0.4) is 0 Å². The second-order valence-electron chi connectivity index (χ2n) is 14.9. The first-order valence-corrected chi connectivity index (χ1v) is 18.4. The van der Waals surface area contributed by atoms with Crippen LogP contribution in [-0.4, -0.2) is 70.6 Å². The van der Waals surface area contributed by atoms with Crippen LogP contribution in [0, 0.1) is 46.3 Å². The van der Waals surface area contributed by atoms with Crippen LogP contribution in [0.25, 0.3) is 0 Å². The van der Waals surface area contributed by atoms with E-state index in [9.17, 15) is 24.3 Å². The molecule has 9 atom stereocenters. The average molecular weight is 715 g/mol. The van der Waals surface area contributed by atoms with Crippen molar-refractivity contribution in [1.82, 2.24) is 0 Å². The molecule has 0 unspecified atom stereocenters. The molecule has 4 fully saturated rings. The van der Waals surface area contributed by atoms with Crippen molar-refractivity contribution in [2.75, 3.05) is 19.0 Å². The van der Waals surface area contributed by atoms with Crippen LogP contribution in [0.5, 0.6) is 0 Å². The minimum Gasteiger partial charge on any atom is -0.457 e. The van der Waals surface area contributed by atoms with Crippen LogP contribution >= 0.6 is 11.8 Å². The van der Waals surface area contributed by atoms with Crippen molar-refractivity contribution in [1.29, 1.82) is 0 Å². The second kappa shape index (κ2) is 13.9. The van der Waals surface area contributed by atoms with Crippen LogP contribution < -0.4 is 0 Å². The molecule has 0 bridgehead atoms. The first-order chi connectivity index (χ1) is 23.8. The minimum atomic E-state index is -2.36. The Morgan fingerprint density at radius 1 is 1.12 bits per heavy atom. The highest BCUT2D eigenvalue weighted by Crippen LogP contribution is 2.72. The molecule has 0 amide bonds. The van der Waals surface area contributed by atoms with Gasteiger partial charge in [-0.1, -0.05) is 69.2 Å². The second-order valence-corrected chi connectivity index (χ2v) is 15.8. The van der Waals surface area contributed by atoms with E-state index in [0.717, 1.165) is 37.1 Å². The predicted molar refractivity (Wildman–Crippen MR) is 179 cm³/mol. The van der Waals surface area contributed by atoms with E-state index >= 15 is 8.78 Å². The zero-order chi connectivity index (χ0) is 35.9. The molecule has 6 rings (SSSR count). The summed E-state index contributed by atoms with van der Waals surface area (Å²) in [6.07, 6.45) is 5.99. The summed E-state index contributed by atoms with van der Waals surface area (Å²) in [4.78, 5) is 52.1. The van der Waals surface area contributed by atoms with Crippen LogP contribution in [0.4, 0.5) is 13.6 Å². The number of allylic oxidation sites excluding steroid dienone is 4. The van der Waals surface area contributed by atoms with E-state index in [1.165, 1.54) is 50.3 Å². The average Bonchev–Trinajstić information content (AvgIpc) is 3.84. The predicted octanol–water partition coefficient (Wildman–Crippen LogP) is 6.74. The molecule has 1 heterocycles. The third-order valence-electron chi connectivity index (χ3n) is 12.3. The Balaban J connectivity index is 1.21. The molecule has 0 aliphatic heterocycles. The zero-order valence-corrected chi connectivity index (χ0v) is 29.4. The summed E-state index contributed by atoms with van der Waals surface area (Å²) >= 11 is 0.805. The van der Waals surface area contributed by atoms with E-state index in [1.807, 2.05) is 0 Å². The molecule has 4 saturated carbocycles. The number of ether oxygens (including phenoxy) is 3. The smallest absolute Gasteiger partial charge is 0.457 e. The Hall–Kier alpha value is -3.43. The van der Waals surface area contributed by atoms with E-state index in [4.69, 9.17) is 18.6 Å². The van der Waals surface area contributed by atoms with Crippen LogP contribution in [0.1, 0.15) is 82.7 Å². The van der Waals surface area contributed by atoms with E-state index in [1.54, 1.807) is 13.8 Å². The largest absolute Gasteiger partial charge is 0.509 e. The quantitative estimate of drug-likeness (QED) is 0.228. The highest BCUT2D eigenvalue weighted by molar-refractivity contribution is 8.14. The Labute approximate surface area is 294 Å². The van der Waals surface area contributed by atoms with Gasteiger partial charge in [-0.3, -0.25) is 9.59 Å². The topological polar surface area (TPSA) is 129 Å². The van der Waals surface area contributed by atoms with Gasteiger partial charge >= 0.3 is 12.1 Å². The molecule has 1 aromatic rings. The van der Waals surface area contributed by atoms with Crippen molar-refractivity contribution in [2.24, 2.45) is 34.5 Å². The Kier molecular flexibility index (Phi) is 10.1. The SMILES string of the molecule is C[C@@H]1C[C@H]2[C@@H]3C[C@H](F)C4=CC(=O)C=C[C@]4(C)[C@@]3(F)[C@@H](O)C[C@]2(C)[C@@]1(OC(=O)c1ccco1)C(=O)SCC#CCOC(=O)OCCC1CCCC1. The molecule has 12 heteroatoms. The number of fused-ring (bicyclic) bond motifs is 5. The summed E-state index contributed by atoms with van der Waals surface area (Å²) in [5.41, 5.74) is -7.13. The van der Waals surface area contributed by atoms with Gasteiger partial charge in [-0.05, 0) is 74.3 Å². The maximum absolute atomic E-state index is 17.7. The van der Waals surface area contributed by atoms with E-state index < -0.39 is 75.2 Å². The number of alkyl halides is 2. The van der Waals surface area contributed by atoms with Gasteiger partial charge in [0, 0.05) is 22.7 Å². The standard InChI is InChI=1S/C38H44F2O9S/c1-23-19-26-27-21-29(39)28-20-25(41)12-14-35(28,2)37(27,40)31(42)22-36(26,3)38(23,49-32(43)30-11-8-16-46-30)33(44)50-18-7-6-15-47-34(45)48-17-13-24-9-4-5-10-24/h8,11-12,14,16,20,23-24,26-27,29,31,42H,4-5,9-10,13,15,17-19,21-22H2,1-3H3/t23-,26+,27+,29+,31+,35+,36+,37+,38+/m1/s1.